The SMILES string of the molecule is Nc1cc2cccccc-2c1/C=C1\C(=O)Nc2ccc(F)cc21. The highest BCUT2D eigenvalue weighted by Crippen LogP contribution is 2.39. The van der Waals surface area contributed by atoms with Gasteiger partial charge in [-0.1, -0.05) is 30.3 Å². The fourth-order valence-corrected chi connectivity index (χ4v) is 2.94. The number of hydrogen-bond acceptors (Lipinski definition) is 2. The molecule has 0 saturated carbocycles. The largest absolute Gasteiger partial charge is 0.398 e. The Balaban J connectivity index is 1.92. The molecule has 2 aliphatic carbocycles. The monoisotopic (exact) mass is 304 g/mol. The van der Waals surface area contributed by atoms with Crippen LogP contribution in [0.1, 0.15) is 11.1 Å². The molecule has 1 aliphatic heterocycles. The van der Waals surface area contributed by atoms with Gasteiger partial charge in [0.25, 0.3) is 5.91 Å². The van der Waals surface area contributed by atoms with Gasteiger partial charge in [-0.3, -0.25) is 4.79 Å². The lowest BCUT2D eigenvalue weighted by molar-refractivity contribution is -0.110. The molecular weight excluding hydrogens is 291 g/mol. The summed E-state index contributed by atoms with van der Waals surface area (Å²) >= 11 is 0. The Bertz CT molecular complexity index is 946. The van der Waals surface area contributed by atoms with Crippen molar-refractivity contribution < 1.29 is 9.18 Å². The second-order valence-electron chi connectivity index (χ2n) is 5.50. The van der Waals surface area contributed by atoms with Gasteiger partial charge < -0.3 is 11.1 Å². The topological polar surface area (TPSA) is 55.1 Å². The predicted molar refractivity (Wildman–Crippen MR) is 90.4 cm³/mol. The van der Waals surface area contributed by atoms with Gasteiger partial charge in [0.05, 0.1) is 0 Å². The summed E-state index contributed by atoms with van der Waals surface area (Å²) in [7, 11) is 0. The van der Waals surface area contributed by atoms with Gasteiger partial charge in [-0.25, -0.2) is 4.39 Å². The van der Waals surface area contributed by atoms with E-state index in [1.165, 1.54) is 12.1 Å². The summed E-state index contributed by atoms with van der Waals surface area (Å²) < 4.78 is 13.5. The van der Waals surface area contributed by atoms with E-state index in [2.05, 4.69) is 5.32 Å². The summed E-state index contributed by atoms with van der Waals surface area (Å²) in [5.41, 5.74) is 11.0. The van der Waals surface area contributed by atoms with Crippen LogP contribution in [0.4, 0.5) is 15.8 Å². The highest BCUT2D eigenvalue weighted by molar-refractivity contribution is 6.35. The van der Waals surface area contributed by atoms with Gasteiger partial charge in [0, 0.05) is 28.1 Å². The van der Waals surface area contributed by atoms with Crippen LogP contribution in [0.3, 0.4) is 0 Å². The molecule has 0 bridgehead atoms. The summed E-state index contributed by atoms with van der Waals surface area (Å²) in [5.74, 6) is -0.627. The molecule has 3 aliphatic rings. The highest BCUT2D eigenvalue weighted by Gasteiger charge is 2.25. The van der Waals surface area contributed by atoms with E-state index in [0.29, 0.717) is 22.5 Å². The fraction of sp³-hybridized carbons (Fsp3) is 0. The molecule has 0 radical (unpaired) electrons. The predicted octanol–water partition coefficient (Wildman–Crippen LogP) is 4.01. The van der Waals surface area contributed by atoms with Crippen LogP contribution in [0.15, 0.2) is 54.6 Å². The van der Waals surface area contributed by atoms with E-state index in [4.69, 9.17) is 5.73 Å². The third kappa shape index (κ3) is 2.16. The first-order chi connectivity index (χ1) is 11.1. The lowest BCUT2D eigenvalue weighted by atomic mass is 10.0. The fourth-order valence-electron chi connectivity index (χ4n) is 2.94. The number of anilines is 2. The van der Waals surface area contributed by atoms with Crippen molar-refractivity contribution in [3.63, 3.8) is 0 Å². The molecule has 0 atom stereocenters. The molecule has 112 valence electrons. The molecule has 0 saturated heterocycles. The van der Waals surface area contributed by atoms with E-state index in [9.17, 15) is 9.18 Å². The first kappa shape index (κ1) is 13.5. The quantitative estimate of drug-likeness (QED) is 0.667. The third-order valence-electron chi connectivity index (χ3n) is 4.04. The third-order valence-corrected chi connectivity index (χ3v) is 4.04. The number of benzene rings is 1. The number of nitrogens with one attached hydrogen (secondary N) is 1. The molecule has 1 aromatic rings. The van der Waals surface area contributed by atoms with Crippen molar-refractivity contribution in [3.8, 4) is 11.1 Å². The van der Waals surface area contributed by atoms with Gasteiger partial charge in [0.15, 0.2) is 0 Å². The zero-order valence-electron chi connectivity index (χ0n) is 12.1. The second kappa shape index (κ2) is 4.95. The highest BCUT2D eigenvalue weighted by atomic mass is 19.1. The smallest absolute Gasteiger partial charge is 0.256 e. The van der Waals surface area contributed by atoms with E-state index >= 15 is 0 Å². The minimum atomic E-state index is -0.377. The van der Waals surface area contributed by atoms with Crippen LogP contribution in [0.5, 0.6) is 0 Å². The number of halogens is 1. The van der Waals surface area contributed by atoms with Gasteiger partial charge in [-0.15, -0.1) is 0 Å². The minimum absolute atomic E-state index is 0.250. The second-order valence-corrected chi connectivity index (χ2v) is 5.50. The van der Waals surface area contributed by atoms with Crippen molar-refractivity contribution >= 4 is 28.9 Å². The van der Waals surface area contributed by atoms with Crippen molar-refractivity contribution in [1.82, 2.24) is 0 Å². The van der Waals surface area contributed by atoms with Crippen molar-refractivity contribution in [2.75, 3.05) is 11.1 Å². The molecule has 0 fully saturated rings. The van der Waals surface area contributed by atoms with E-state index in [1.807, 2.05) is 36.4 Å². The van der Waals surface area contributed by atoms with E-state index in [0.717, 1.165) is 16.7 Å². The summed E-state index contributed by atoms with van der Waals surface area (Å²) in [5, 5.41) is 2.75. The zero-order chi connectivity index (χ0) is 16.0. The average molecular weight is 304 g/mol. The molecule has 3 N–H and O–H groups in total. The average Bonchev–Trinajstić information content (AvgIpc) is 2.86. The molecule has 1 heterocycles. The summed E-state index contributed by atoms with van der Waals surface area (Å²) in [6.45, 7) is 0. The van der Waals surface area contributed by atoms with Gasteiger partial charge in [-0.05, 0) is 41.5 Å². The van der Waals surface area contributed by atoms with Gasteiger partial charge in [0.2, 0.25) is 0 Å². The lowest BCUT2D eigenvalue weighted by Crippen LogP contribution is -2.03. The molecule has 1 amide bonds. The Kier molecular flexibility index (Phi) is 2.91. The van der Waals surface area contributed by atoms with Crippen LogP contribution in [-0.2, 0) is 4.79 Å². The van der Waals surface area contributed by atoms with Crippen molar-refractivity contribution in [1.29, 1.82) is 0 Å². The van der Waals surface area contributed by atoms with Gasteiger partial charge in [-0.2, -0.15) is 0 Å². The number of amides is 1. The molecule has 0 unspecified atom stereocenters. The lowest BCUT2D eigenvalue weighted by Gasteiger charge is -2.01. The summed E-state index contributed by atoms with van der Waals surface area (Å²) in [4.78, 5) is 12.2. The number of rotatable bonds is 1. The van der Waals surface area contributed by atoms with Crippen LogP contribution < -0.4 is 11.1 Å². The minimum Gasteiger partial charge on any atom is -0.398 e. The molecule has 1 aromatic carbocycles. The Morgan fingerprint density at radius 3 is 2.70 bits per heavy atom. The van der Waals surface area contributed by atoms with Crippen LogP contribution in [0, 0.1) is 5.82 Å². The van der Waals surface area contributed by atoms with Crippen molar-refractivity contribution in [3.05, 3.63) is 71.5 Å². The molecule has 4 rings (SSSR count). The number of carbonyl (C=O) groups excluding carboxylic acids is 1. The Labute approximate surface area is 132 Å². The number of fused-ring (bicyclic) bond motifs is 2. The van der Waals surface area contributed by atoms with E-state index in [1.54, 1.807) is 12.1 Å². The molecule has 4 heteroatoms. The van der Waals surface area contributed by atoms with Crippen molar-refractivity contribution in [2.24, 2.45) is 0 Å². The van der Waals surface area contributed by atoms with Crippen molar-refractivity contribution in [2.45, 2.75) is 0 Å². The molecule has 3 nitrogen and oxygen atoms in total. The standard InChI is InChI=1S/C19H13FN2O/c20-12-6-7-18-15(9-12)16(19(23)22-18)10-14-13-5-3-1-2-4-11(13)8-17(14)21/h1-10H,21H2,(H,22,23)/b16-10-. The first-order valence-electron chi connectivity index (χ1n) is 7.24. The summed E-state index contributed by atoms with van der Waals surface area (Å²) in [6, 6.07) is 15.8. The number of nitrogen functional groups attached to an aromatic ring is 1. The molecular formula is C19H13FN2O. The Morgan fingerprint density at radius 2 is 1.83 bits per heavy atom. The molecule has 0 spiro atoms. The van der Waals surface area contributed by atoms with Crippen LogP contribution in [0.2, 0.25) is 0 Å². The number of hydrogen-bond donors (Lipinski definition) is 2. The first-order valence-corrected chi connectivity index (χ1v) is 7.24. The van der Waals surface area contributed by atoms with Crippen LogP contribution in [0.25, 0.3) is 22.8 Å². The maximum Gasteiger partial charge on any atom is 0.256 e. The van der Waals surface area contributed by atoms with Crippen LogP contribution >= 0.6 is 0 Å². The number of carbonyl (C=O) groups is 1. The van der Waals surface area contributed by atoms with Crippen LogP contribution in [-0.4, -0.2) is 5.91 Å². The normalized spacial score (nSPS) is 15.0. The zero-order valence-corrected chi connectivity index (χ0v) is 12.1. The van der Waals surface area contributed by atoms with E-state index in [-0.39, 0.29) is 11.7 Å². The Hall–Kier alpha value is -3.14. The molecule has 0 aromatic heterocycles. The maximum absolute atomic E-state index is 13.5. The summed E-state index contributed by atoms with van der Waals surface area (Å²) in [6.07, 6.45) is 1.73. The van der Waals surface area contributed by atoms with Gasteiger partial charge >= 0.3 is 0 Å². The van der Waals surface area contributed by atoms with E-state index < -0.39 is 0 Å². The van der Waals surface area contributed by atoms with Gasteiger partial charge in [0.1, 0.15) is 5.82 Å². The number of nitrogens with two attached hydrogens (primary N) is 1. The molecule has 23 heavy (non-hydrogen) atoms. The maximum atomic E-state index is 13.5. The Morgan fingerprint density at radius 1 is 1.00 bits per heavy atom.